The van der Waals surface area contributed by atoms with E-state index in [-0.39, 0.29) is 5.91 Å². The lowest BCUT2D eigenvalue weighted by atomic mass is 10.2. The molecule has 0 atom stereocenters. The second kappa shape index (κ2) is 9.33. The lowest BCUT2D eigenvalue weighted by Gasteiger charge is -2.07. The van der Waals surface area contributed by atoms with Crippen molar-refractivity contribution in [3.63, 3.8) is 0 Å². The first kappa shape index (κ1) is 15.4. The van der Waals surface area contributed by atoms with Crippen molar-refractivity contribution in [1.29, 1.82) is 0 Å². The Morgan fingerprint density at radius 1 is 1.37 bits per heavy atom. The van der Waals surface area contributed by atoms with E-state index in [9.17, 15) is 4.79 Å². The van der Waals surface area contributed by atoms with E-state index in [4.69, 9.17) is 4.74 Å². The van der Waals surface area contributed by atoms with Crippen molar-refractivity contribution in [2.75, 3.05) is 31.6 Å². The number of carbonyl (C=O) groups is 1. The maximum Gasteiger partial charge on any atom is 0.251 e. The van der Waals surface area contributed by atoms with Gasteiger partial charge in [0, 0.05) is 38.1 Å². The molecule has 0 saturated carbocycles. The van der Waals surface area contributed by atoms with Crippen LogP contribution >= 0.6 is 0 Å². The number of nitrogens with zero attached hydrogens (tertiary/aromatic N) is 1. The van der Waals surface area contributed by atoms with Crippen molar-refractivity contribution in [2.45, 2.75) is 26.7 Å². The number of ether oxygens (including phenoxy) is 1. The highest BCUT2D eigenvalue weighted by atomic mass is 16.5. The fraction of sp³-hybridized carbons (Fsp3) is 0.571. The lowest BCUT2D eigenvalue weighted by Crippen LogP contribution is -2.25. The summed E-state index contributed by atoms with van der Waals surface area (Å²) in [6, 6.07) is 3.47. The van der Waals surface area contributed by atoms with Crippen molar-refractivity contribution < 1.29 is 9.53 Å². The molecule has 1 aromatic heterocycles. The molecule has 0 radical (unpaired) electrons. The predicted molar refractivity (Wildman–Crippen MR) is 76.5 cm³/mol. The Morgan fingerprint density at radius 2 is 2.21 bits per heavy atom. The number of nitrogens with one attached hydrogen (secondary N) is 2. The van der Waals surface area contributed by atoms with Crippen LogP contribution in [0.2, 0.25) is 0 Å². The van der Waals surface area contributed by atoms with Crippen LogP contribution in [0.25, 0.3) is 0 Å². The third-order valence-corrected chi connectivity index (χ3v) is 2.48. The smallest absolute Gasteiger partial charge is 0.251 e. The van der Waals surface area contributed by atoms with Crippen molar-refractivity contribution in [1.82, 2.24) is 10.3 Å². The second-order valence-electron chi connectivity index (χ2n) is 4.18. The van der Waals surface area contributed by atoms with Crippen LogP contribution in [0.3, 0.4) is 0 Å². The lowest BCUT2D eigenvalue weighted by molar-refractivity contribution is 0.0941. The summed E-state index contributed by atoms with van der Waals surface area (Å²) in [5, 5.41) is 5.95. The zero-order valence-electron chi connectivity index (χ0n) is 11.7. The minimum absolute atomic E-state index is 0.0722. The summed E-state index contributed by atoms with van der Waals surface area (Å²) in [5.41, 5.74) is 0.625. The standard InChI is InChI=1S/C14H23N3O2/c1-3-9-19-10-5-7-17-14(18)12-6-8-16-13(11-12)15-4-2/h6,8,11H,3-5,7,9-10H2,1-2H3,(H,15,16)(H,17,18). The van der Waals surface area contributed by atoms with Gasteiger partial charge in [0.2, 0.25) is 0 Å². The molecule has 2 N–H and O–H groups in total. The zero-order chi connectivity index (χ0) is 13.9. The molecule has 0 aromatic carbocycles. The van der Waals surface area contributed by atoms with E-state index in [1.54, 1.807) is 18.3 Å². The summed E-state index contributed by atoms with van der Waals surface area (Å²) in [6.07, 6.45) is 3.49. The van der Waals surface area contributed by atoms with E-state index < -0.39 is 0 Å². The van der Waals surface area contributed by atoms with Gasteiger partial charge in [0.15, 0.2) is 0 Å². The van der Waals surface area contributed by atoms with Crippen molar-refractivity contribution in [2.24, 2.45) is 0 Å². The topological polar surface area (TPSA) is 63.2 Å². The average molecular weight is 265 g/mol. The van der Waals surface area contributed by atoms with Crippen LogP contribution in [0.15, 0.2) is 18.3 Å². The largest absolute Gasteiger partial charge is 0.381 e. The first-order chi connectivity index (χ1) is 9.27. The SMILES string of the molecule is CCCOCCCNC(=O)c1ccnc(NCC)c1. The minimum Gasteiger partial charge on any atom is -0.381 e. The predicted octanol–water partition coefficient (Wildman–Crippen LogP) is 2.06. The van der Waals surface area contributed by atoms with Gasteiger partial charge in [0.1, 0.15) is 5.82 Å². The van der Waals surface area contributed by atoms with Crippen molar-refractivity contribution in [3.8, 4) is 0 Å². The first-order valence-electron chi connectivity index (χ1n) is 6.83. The third kappa shape index (κ3) is 6.20. The van der Waals surface area contributed by atoms with Gasteiger partial charge in [-0.25, -0.2) is 4.98 Å². The molecule has 0 bridgehead atoms. The molecule has 0 aliphatic rings. The number of aromatic nitrogens is 1. The Bertz CT molecular complexity index is 383. The van der Waals surface area contributed by atoms with Crippen molar-refractivity contribution >= 4 is 11.7 Å². The molecule has 0 aliphatic heterocycles. The van der Waals surface area contributed by atoms with Crippen LogP contribution in [0.5, 0.6) is 0 Å². The van der Waals surface area contributed by atoms with E-state index in [0.29, 0.717) is 18.7 Å². The van der Waals surface area contributed by atoms with E-state index >= 15 is 0 Å². The Labute approximate surface area is 114 Å². The highest BCUT2D eigenvalue weighted by Gasteiger charge is 2.05. The highest BCUT2D eigenvalue weighted by molar-refractivity contribution is 5.94. The van der Waals surface area contributed by atoms with Crippen molar-refractivity contribution in [3.05, 3.63) is 23.9 Å². The summed E-state index contributed by atoms with van der Waals surface area (Å²) in [4.78, 5) is 16.0. The quantitative estimate of drug-likeness (QED) is 0.671. The summed E-state index contributed by atoms with van der Waals surface area (Å²) in [5.74, 6) is 0.651. The van der Waals surface area contributed by atoms with E-state index in [0.717, 1.165) is 31.8 Å². The normalized spacial score (nSPS) is 10.2. The molecule has 0 spiro atoms. The maximum atomic E-state index is 11.9. The molecule has 5 heteroatoms. The molecule has 5 nitrogen and oxygen atoms in total. The second-order valence-corrected chi connectivity index (χ2v) is 4.18. The molecular weight excluding hydrogens is 242 g/mol. The average Bonchev–Trinajstić information content (AvgIpc) is 2.43. The molecule has 106 valence electrons. The van der Waals surface area contributed by atoms with Crippen LogP contribution in [-0.2, 0) is 4.74 Å². The molecular formula is C14H23N3O2. The fourth-order valence-electron chi connectivity index (χ4n) is 1.57. The minimum atomic E-state index is -0.0722. The maximum absolute atomic E-state index is 11.9. The van der Waals surface area contributed by atoms with Gasteiger partial charge in [-0.05, 0) is 31.9 Å². The number of pyridine rings is 1. The molecule has 0 fully saturated rings. The Balaban J connectivity index is 2.30. The Hall–Kier alpha value is -1.62. The monoisotopic (exact) mass is 265 g/mol. The fourth-order valence-corrected chi connectivity index (χ4v) is 1.57. The van der Waals surface area contributed by atoms with Gasteiger partial charge in [-0.2, -0.15) is 0 Å². The van der Waals surface area contributed by atoms with E-state index in [1.807, 2.05) is 6.92 Å². The van der Waals surface area contributed by atoms with Crippen LogP contribution in [-0.4, -0.2) is 37.2 Å². The first-order valence-corrected chi connectivity index (χ1v) is 6.83. The summed E-state index contributed by atoms with van der Waals surface area (Å²) in [7, 11) is 0. The zero-order valence-corrected chi connectivity index (χ0v) is 11.7. The Morgan fingerprint density at radius 3 is 2.95 bits per heavy atom. The van der Waals surface area contributed by atoms with Gasteiger partial charge in [0.25, 0.3) is 5.91 Å². The van der Waals surface area contributed by atoms with Gasteiger partial charge >= 0.3 is 0 Å². The summed E-state index contributed by atoms with van der Waals surface area (Å²) >= 11 is 0. The number of anilines is 1. The molecule has 0 saturated heterocycles. The van der Waals surface area contributed by atoms with Crippen LogP contribution in [0, 0.1) is 0 Å². The summed E-state index contributed by atoms with van der Waals surface area (Å²) < 4.78 is 5.35. The molecule has 1 amide bonds. The number of carbonyl (C=O) groups excluding carboxylic acids is 1. The molecule has 1 heterocycles. The number of hydrogen-bond donors (Lipinski definition) is 2. The highest BCUT2D eigenvalue weighted by Crippen LogP contribution is 2.06. The van der Waals surface area contributed by atoms with Gasteiger partial charge < -0.3 is 15.4 Å². The number of rotatable bonds is 9. The molecule has 1 aromatic rings. The van der Waals surface area contributed by atoms with Gasteiger partial charge in [0.05, 0.1) is 0 Å². The Kier molecular flexibility index (Phi) is 7.58. The van der Waals surface area contributed by atoms with Crippen LogP contribution in [0.1, 0.15) is 37.0 Å². The van der Waals surface area contributed by atoms with Crippen LogP contribution < -0.4 is 10.6 Å². The molecule has 1 rings (SSSR count). The number of hydrogen-bond acceptors (Lipinski definition) is 4. The van der Waals surface area contributed by atoms with Crippen LogP contribution in [0.4, 0.5) is 5.82 Å². The van der Waals surface area contributed by atoms with Gasteiger partial charge in [-0.1, -0.05) is 6.92 Å². The molecule has 0 unspecified atom stereocenters. The molecule has 19 heavy (non-hydrogen) atoms. The summed E-state index contributed by atoms with van der Waals surface area (Å²) in [6.45, 7) is 6.95. The third-order valence-electron chi connectivity index (χ3n) is 2.48. The van der Waals surface area contributed by atoms with E-state index in [1.165, 1.54) is 0 Å². The van der Waals surface area contributed by atoms with E-state index in [2.05, 4.69) is 22.5 Å². The van der Waals surface area contributed by atoms with Gasteiger partial charge in [-0.3, -0.25) is 4.79 Å². The number of amides is 1. The van der Waals surface area contributed by atoms with Gasteiger partial charge in [-0.15, -0.1) is 0 Å². The molecule has 0 aliphatic carbocycles.